The highest BCUT2D eigenvalue weighted by Crippen LogP contribution is 2.51. The van der Waals surface area contributed by atoms with Gasteiger partial charge in [0.2, 0.25) is 5.78 Å². The molecule has 0 aromatic heterocycles. The summed E-state index contributed by atoms with van der Waals surface area (Å²) in [5.41, 5.74) is 0.357. The first-order chi connectivity index (χ1) is 12.1. The van der Waals surface area contributed by atoms with Crippen LogP contribution in [0.4, 0.5) is 5.69 Å². The van der Waals surface area contributed by atoms with E-state index in [0.29, 0.717) is 5.56 Å². The maximum Gasteiger partial charge on any atom is 0.326 e. The van der Waals surface area contributed by atoms with Gasteiger partial charge in [0.25, 0.3) is 5.69 Å². The average Bonchev–Trinajstić information content (AvgIpc) is 2.74. The van der Waals surface area contributed by atoms with E-state index in [9.17, 15) is 34.7 Å². The highest BCUT2D eigenvalue weighted by atomic mass is 16.6. The van der Waals surface area contributed by atoms with Crippen LogP contribution in [0.3, 0.4) is 0 Å². The van der Waals surface area contributed by atoms with E-state index >= 15 is 0 Å². The number of ketones is 1. The van der Waals surface area contributed by atoms with Crippen LogP contribution in [0.2, 0.25) is 0 Å². The number of hydrogen-bond acceptors (Lipinski definition) is 7. The van der Waals surface area contributed by atoms with Crippen LogP contribution in [-0.4, -0.2) is 50.4 Å². The number of carbonyl (C=O) groups excluding carboxylic acids is 3. The number of nitrogens with zero attached hydrogens (tertiary/aromatic N) is 2. The number of carboxylic acid groups (broad SMARTS) is 1. The molecule has 3 rings (SSSR count). The summed E-state index contributed by atoms with van der Waals surface area (Å²) >= 11 is 0. The standard InChI is InChI=1S/C17H18N2O7/c1-8-13-12(9(2)20)16(22)19(13,14(15(8)21)17(23)24)7-10-3-5-11(6-4-10)18(25)26/h3-6,8-9,12-14,20H,7H2,1-2H3/t8-,9?,12-,13-,14?,19?/m1/s1. The summed E-state index contributed by atoms with van der Waals surface area (Å²) in [7, 11) is 0. The van der Waals surface area contributed by atoms with Crippen molar-refractivity contribution in [2.45, 2.75) is 38.6 Å². The number of β-lactam (4-membered cyclic amide) rings is 1. The fraction of sp³-hybridized carbons (Fsp3) is 0.471. The molecule has 0 aliphatic carbocycles. The van der Waals surface area contributed by atoms with Crippen LogP contribution in [0.5, 0.6) is 0 Å². The number of carboxylic acids is 1. The Labute approximate surface area is 148 Å². The lowest BCUT2D eigenvalue weighted by molar-refractivity contribution is -0.930. The minimum atomic E-state index is -1.63. The average molecular weight is 362 g/mol. The summed E-state index contributed by atoms with van der Waals surface area (Å²) in [6.45, 7) is 2.89. The number of nitro groups is 1. The number of amides is 1. The third kappa shape index (κ3) is 2.27. The van der Waals surface area contributed by atoms with E-state index in [2.05, 4.69) is 0 Å². The van der Waals surface area contributed by atoms with Gasteiger partial charge in [0.1, 0.15) is 18.6 Å². The molecule has 0 saturated carbocycles. The van der Waals surface area contributed by atoms with Gasteiger partial charge < -0.3 is 15.0 Å². The Morgan fingerprint density at radius 3 is 2.35 bits per heavy atom. The molecule has 26 heavy (non-hydrogen) atoms. The van der Waals surface area contributed by atoms with Crippen molar-refractivity contribution in [3.05, 3.63) is 39.9 Å². The first-order valence-corrected chi connectivity index (χ1v) is 8.20. The highest BCUT2D eigenvalue weighted by Gasteiger charge is 2.76. The van der Waals surface area contributed by atoms with E-state index in [1.165, 1.54) is 31.2 Å². The van der Waals surface area contributed by atoms with Crippen molar-refractivity contribution in [3.8, 4) is 0 Å². The van der Waals surface area contributed by atoms with Gasteiger partial charge in [-0.25, -0.2) is 9.28 Å². The van der Waals surface area contributed by atoms with Crippen molar-refractivity contribution in [1.82, 2.24) is 0 Å². The van der Waals surface area contributed by atoms with Crippen LogP contribution < -0.4 is 5.11 Å². The molecule has 1 amide bonds. The highest BCUT2D eigenvalue weighted by molar-refractivity contribution is 6.07. The van der Waals surface area contributed by atoms with Gasteiger partial charge in [0.15, 0.2) is 12.0 Å². The summed E-state index contributed by atoms with van der Waals surface area (Å²) in [5, 5.41) is 32.3. The zero-order valence-electron chi connectivity index (χ0n) is 14.2. The topological polar surface area (TPSA) is 138 Å². The molecule has 1 aromatic rings. The van der Waals surface area contributed by atoms with Crippen LogP contribution in [0.25, 0.3) is 0 Å². The van der Waals surface area contributed by atoms with Crippen LogP contribution in [-0.2, 0) is 20.9 Å². The number of benzene rings is 1. The summed E-state index contributed by atoms with van der Waals surface area (Å²) in [4.78, 5) is 47.2. The van der Waals surface area contributed by atoms with E-state index in [1.807, 2.05) is 0 Å². The number of aliphatic carboxylic acids is 1. The number of non-ortho nitro benzene ring substituents is 1. The summed E-state index contributed by atoms with van der Waals surface area (Å²) in [6, 6.07) is 3.10. The van der Waals surface area contributed by atoms with Crippen molar-refractivity contribution in [1.29, 1.82) is 0 Å². The molecule has 9 nitrogen and oxygen atoms in total. The Bertz CT molecular complexity index is 804. The van der Waals surface area contributed by atoms with Crippen molar-refractivity contribution in [2.75, 3.05) is 0 Å². The second kappa shape index (κ2) is 5.96. The quantitative estimate of drug-likeness (QED) is 0.237. The Morgan fingerprint density at radius 2 is 1.88 bits per heavy atom. The van der Waals surface area contributed by atoms with Crippen molar-refractivity contribution in [2.24, 2.45) is 11.8 Å². The molecule has 2 aliphatic rings. The van der Waals surface area contributed by atoms with E-state index in [-0.39, 0.29) is 12.2 Å². The molecule has 1 aromatic carbocycles. The fourth-order valence-corrected chi connectivity index (χ4v) is 4.52. The summed E-state index contributed by atoms with van der Waals surface area (Å²) < 4.78 is -0.629. The molecule has 0 radical (unpaired) electrons. The summed E-state index contributed by atoms with van der Waals surface area (Å²) in [6.07, 6.45) is -1.01. The maximum atomic E-state index is 12.9. The number of carbonyl (C=O) groups is 3. The predicted molar refractivity (Wildman–Crippen MR) is 84.0 cm³/mol. The first-order valence-electron chi connectivity index (χ1n) is 8.20. The van der Waals surface area contributed by atoms with Gasteiger partial charge in [-0.1, -0.05) is 0 Å². The van der Waals surface area contributed by atoms with Crippen LogP contribution in [0.15, 0.2) is 24.3 Å². The lowest BCUT2D eigenvalue weighted by atomic mass is 9.76. The lowest BCUT2D eigenvalue weighted by Gasteiger charge is -2.54. The molecule has 3 unspecified atom stereocenters. The molecular formula is C17H18N2O7. The van der Waals surface area contributed by atoms with E-state index in [1.54, 1.807) is 6.92 Å². The molecule has 2 saturated heterocycles. The number of quaternary nitrogens is 1. The number of nitro benzene ring substituents is 1. The minimum Gasteiger partial charge on any atom is -0.544 e. The third-order valence-electron chi connectivity index (χ3n) is 5.62. The Balaban J connectivity index is 2.04. The van der Waals surface area contributed by atoms with Crippen LogP contribution >= 0.6 is 0 Å². The summed E-state index contributed by atoms with van der Waals surface area (Å²) in [5.74, 6) is -4.27. The van der Waals surface area contributed by atoms with Crippen molar-refractivity contribution in [3.63, 3.8) is 0 Å². The lowest BCUT2D eigenvalue weighted by Crippen LogP contribution is -2.79. The Kier molecular flexibility index (Phi) is 4.16. The van der Waals surface area contributed by atoms with E-state index in [4.69, 9.17) is 0 Å². The van der Waals surface area contributed by atoms with Crippen molar-refractivity contribution < 1.29 is 34.0 Å². The van der Waals surface area contributed by atoms with Gasteiger partial charge in [0, 0.05) is 17.7 Å². The monoisotopic (exact) mass is 362 g/mol. The van der Waals surface area contributed by atoms with Crippen LogP contribution in [0, 0.1) is 22.0 Å². The number of hydrogen-bond donors (Lipinski definition) is 1. The zero-order chi connectivity index (χ0) is 19.4. The van der Waals surface area contributed by atoms with Gasteiger partial charge in [-0.3, -0.25) is 14.9 Å². The van der Waals surface area contributed by atoms with Crippen LogP contribution in [0.1, 0.15) is 19.4 Å². The van der Waals surface area contributed by atoms with Gasteiger partial charge >= 0.3 is 5.91 Å². The molecule has 0 bridgehead atoms. The fourth-order valence-electron chi connectivity index (χ4n) is 4.52. The first kappa shape index (κ1) is 18.2. The molecule has 0 spiro atoms. The Hall–Kier alpha value is -2.65. The van der Waals surface area contributed by atoms with Gasteiger partial charge in [-0.15, -0.1) is 0 Å². The van der Waals surface area contributed by atoms with Gasteiger partial charge in [0.05, 0.1) is 16.9 Å². The Morgan fingerprint density at radius 1 is 1.31 bits per heavy atom. The van der Waals surface area contributed by atoms with Gasteiger partial charge in [-0.05, 0) is 26.0 Å². The van der Waals surface area contributed by atoms with Gasteiger partial charge in [-0.2, -0.15) is 0 Å². The SMILES string of the molecule is CC(O)[C@H]1C(=O)[N+]2(Cc3ccc([N+](=O)[O-])cc3)C(C(=O)[O-])C(=O)[C@H](C)[C@H]12. The van der Waals surface area contributed by atoms with E-state index < -0.39 is 57.1 Å². The molecule has 9 heteroatoms. The maximum absolute atomic E-state index is 12.9. The zero-order valence-corrected chi connectivity index (χ0v) is 14.2. The number of aliphatic hydroxyl groups is 1. The minimum absolute atomic E-state index is 0.0978. The molecule has 1 N–H and O–H groups in total. The molecule has 2 heterocycles. The predicted octanol–water partition coefficient (Wildman–Crippen LogP) is -0.845. The second-order valence-electron chi connectivity index (χ2n) is 7.02. The number of fused-ring (bicyclic) bond motifs is 1. The number of Topliss-reactive ketones (excluding diaryl/α,β-unsaturated/α-hetero) is 1. The molecular weight excluding hydrogens is 344 g/mol. The molecule has 2 aliphatic heterocycles. The molecule has 6 atom stereocenters. The smallest absolute Gasteiger partial charge is 0.326 e. The number of aliphatic hydroxyl groups excluding tert-OH is 1. The second-order valence-corrected chi connectivity index (χ2v) is 7.02. The molecule has 138 valence electrons. The molecule has 2 fully saturated rings. The third-order valence-corrected chi connectivity index (χ3v) is 5.62. The van der Waals surface area contributed by atoms with Crippen molar-refractivity contribution >= 4 is 23.3 Å². The van der Waals surface area contributed by atoms with E-state index in [0.717, 1.165) is 0 Å². The largest absolute Gasteiger partial charge is 0.544 e. The normalized spacial score (nSPS) is 34.1. The number of rotatable bonds is 5.